The predicted octanol–water partition coefficient (Wildman–Crippen LogP) is 1.30. The first kappa shape index (κ1) is 8.02. The molecule has 2 heteroatoms. The Morgan fingerprint density at radius 1 is 1.40 bits per heavy atom. The number of methoxy groups -OCH3 is 1. The van der Waals surface area contributed by atoms with Gasteiger partial charge in [0.25, 0.3) is 0 Å². The highest BCUT2D eigenvalue weighted by molar-refractivity contribution is 4.77. The lowest BCUT2D eigenvalue weighted by molar-refractivity contribution is 0.0567. The van der Waals surface area contributed by atoms with Gasteiger partial charge in [-0.2, -0.15) is 0 Å². The Balaban J connectivity index is 2.42. The van der Waals surface area contributed by atoms with E-state index in [1.54, 1.807) is 7.11 Å². The van der Waals surface area contributed by atoms with Gasteiger partial charge in [0, 0.05) is 13.0 Å². The molecule has 1 rings (SSSR count). The van der Waals surface area contributed by atoms with E-state index < -0.39 is 0 Å². The average Bonchev–Trinajstić information content (AvgIpc) is 2.33. The quantitative estimate of drug-likeness (QED) is 0.581. The Labute approximate surface area is 62.5 Å². The minimum absolute atomic E-state index is 0.333. The molecule has 0 unspecified atom stereocenters. The lowest BCUT2D eigenvalue weighted by Gasteiger charge is -2.18. The lowest BCUT2D eigenvalue weighted by atomic mass is 9.93. The van der Waals surface area contributed by atoms with Gasteiger partial charge in [-0.1, -0.05) is 13.8 Å². The highest BCUT2D eigenvalue weighted by Gasteiger charge is 2.30. The summed E-state index contributed by atoms with van der Waals surface area (Å²) >= 11 is 0. The Hall–Kier alpha value is -0.0800. The van der Waals surface area contributed by atoms with Crippen molar-refractivity contribution >= 4 is 0 Å². The molecule has 0 radical (unpaired) electrons. The molecule has 0 aliphatic carbocycles. The van der Waals surface area contributed by atoms with Crippen LogP contribution in [0.3, 0.4) is 0 Å². The molecule has 2 atom stereocenters. The highest BCUT2D eigenvalue weighted by atomic mass is 16.5. The molecule has 1 fully saturated rings. The van der Waals surface area contributed by atoms with E-state index in [2.05, 4.69) is 13.8 Å². The van der Waals surface area contributed by atoms with Crippen molar-refractivity contribution in [3.8, 4) is 0 Å². The summed E-state index contributed by atoms with van der Waals surface area (Å²) in [6.45, 7) is 6.08. The van der Waals surface area contributed by atoms with Gasteiger partial charge in [0.1, 0.15) is 0 Å². The monoisotopic (exact) mass is 144 g/mol. The molecule has 1 aliphatic rings. The second-order valence-corrected chi connectivity index (χ2v) is 3.22. The van der Waals surface area contributed by atoms with Gasteiger partial charge in [-0.25, -0.2) is 0 Å². The van der Waals surface area contributed by atoms with Crippen LogP contribution in [0.1, 0.15) is 13.8 Å². The van der Waals surface area contributed by atoms with Crippen LogP contribution in [0.4, 0.5) is 0 Å². The van der Waals surface area contributed by atoms with E-state index in [0.717, 1.165) is 13.2 Å². The van der Waals surface area contributed by atoms with Crippen LogP contribution in [0.5, 0.6) is 0 Å². The van der Waals surface area contributed by atoms with Crippen molar-refractivity contribution in [1.29, 1.82) is 0 Å². The molecule has 0 N–H and O–H groups in total. The summed E-state index contributed by atoms with van der Waals surface area (Å²) in [5.74, 6) is 1.28. The van der Waals surface area contributed by atoms with Crippen LogP contribution in [-0.2, 0) is 9.47 Å². The summed E-state index contributed by atoms with van der Waals surface area (Å²) in [6.07, 6.45) is 0.333. The van der Waals surface area contributed by atoms with Crippen molar-refractivity contribution in [2.75, 3.05) is 20.3 Å². The second kappa shape index (κ2) is 3.35. The first-order chi connectivity index (χ1) is 4.75. The van der Waals surface area contributed by atoms with E-state index in [1.165, 1.54) is 0 Å². The standard InChI is InChI=1S/C8H16O2/c1-6(2)7-4-10-5-8(7)9-3/h6-8H,4-5H2,1-3H3/t7-,8-/m0/s1. The van der Waals surface area contributed by atoms with Crippen LogP contribution in [-0.4, -0.2) is 26.4 Å². The summed E-state index contributed by atoms with van der Waals surface area (Å²) in [5.41, 5.74) is 0. The number of hydrogen-bond donors (Lipinski definition) is 0. The fraction of sp³-hybridized carbons (Fsp3) is 1.00. The molecule has 0 amide bonds. The molecular weight excluding hydrogens is 128 g/mol. The van der Waals surface area contributed by atoms with Crippen molar-refractivity contribution in [2.45, 2.75) is 20.0 Å². The first-order valence-corrected chi connectivity index (χ1v) is 3.86. The number of ether oxygens (including phenoxy) is 2. The zero-order valence-electron chi connectivity index (χ0n) is 6.96. The molecule has 10 heavy (non-hydrogen) atoms. The highest BCUT2D eigenvalue weighted by Crippen LogP contribution is 2.23. The second-order valence-electron chi connectivity index (χ2n) is 3.22. The van der Waals surface area contributed by atoms with Crippen LogP contribution in [0.15, 0.2) is 0 Å². The van der Waals surface area contributed by atoms with Crippen molar-refractivity contribution in [3.63, 3.8) is 0 Å². The third kappa shape index (κ3) is 1.50. The third-order valence-electron chi connectivity index (χ3n) is 2.23. The fourth-order valence-corrected chi connectivity index (χ4v) is 1.42. The van der Waals surface area contributed by atoms with Gasteiger partial charge < -0.3 is 9.47 Å². The molecule has 60 valence electrons. The molecule has 2 nitrogen and oxygen atoms in total. The van der Waals surface area contributed by atoms with E-state index in [4.69, 9.17) is 9.47 Å². The normalized spacial score (nSPS) is 33.6. The van der Waals surface area contributed by atoms with Gasteiger partial charge in [-0.05, 0) is 5.92 Å². The van der Waals surface area contributed by atoms with Gasteiger partial charge in [0.15, 0.2) is 0 Å². The van der Waals surface area contributed by atoms with Gasteiger partial charge in [-0.3, -0.25) is 0 Å². The molecule has 0 spiro atoms. The molecule has 0 bridgehead atoms. The zero-order valence-corrected chi connectivity index (χ0v) is 6.96. The van der Waals surface area contributed by atoms with Crippen LogP contribution in [0.2, 0.25) is 0 Å². The molecule has 1 heterocycles. The maximum Gasteiger partial charge on any atom is 0.0857 e. The molecule has 1 aliphatic heterocycles. The van der Waals surface area contributed by atoms with Gasteiger partial charge >= 0.3 is 0 Å². The van der Waals surface area contributed by atoms with E-state index in [9.17, 15) is 0 Å². The molecule has 1 saturated heterocycles. The first-order valence-electron chi connectivity index (χ1n) is 3.86. The summed E-state index contributed by atoms with van der Waals surface area (Å²) in [4.78, 5) is 0. The topological polar surface area (TPSA) is 18.5 Å². The molecule has 0 aromatic heterocycles. The summed E-state index contributed by atoms with van der Waals surface area (Å²) in [6, 6.07) is 0. The van der Waals surface area contributed by atoms with Gasteiger partial charge in [0.05, 0.1) is 19.3 Å². The Bertz CT molecular complexity index is 101. The summed E-state index contributed by atoms with van der Waals surface area (Å²) < 4.78 is 10.6. The third-order valence-corrected chi connectivity index (χ3v) is 2.23. The molecule has 0 aromatic carbocycles. The number of rotatable bonds is 2. The van der Waals surface area contributed by atoms with Crippen molar-refractivity contribution in [1.82, 2.24) is 0 Å². The molecule has 0 saturated carbocycles. The van der Waals surface area contributed by atoms with Crippen molar-refractivity contribution in [2.24, 2.45) is 11.8 Å². The smallest absolute Gasteiger partial charge is 0.0857 e. The summed E-state index contributed by atoms with van der Waals surface area (Å²) in [5, 5.41) is 0. The van der Waals surface area contributed by atoms with E-state index in [0.29, 0.717) is 17.9 Å². The van der Waals surface area contributed by atoms with Crippen LogP contribution in [0.25, 0.3) is 0 Å². The Kier molecular flexibility index (Phi) is 2.69. The predicted molar refractivity (Wildman–Crippen MR) is 39.9 cm³/mol. The molecular formula is C8H16O2. The van der Waals surface area contributed by atoms with E-state index >= 15 is 0 Å². The minimum Gasteiger partial charge on any atom is -0.379 e. The van der Waals surface area contributed by atoms with Crippen LogP contribution < -0.4 is 0 Å². The van der Waals surface area contributed by atoms with Crippen molar-refractivity contribution < 1.29 is 9.47 Å². The fourth-order valence-electron chi connectivity index (χ4n) is 1.42. The number of hydrogen-bond acceptors (Lipinski definition) is 2. The van der Waals surface area contributed by atoms with E-state index in [-0.39, 0.29) is 0 Å². The van der Waals surface area contributed by atoms with E-state index in [1.807, 2.05) is 0 Å². The maximum absolute atomic E-state index is 5.30. The lowest BCUT2D eigenvalue weighted by Crippen LogP contribution is -2.24. The van der Waals surface area contributed by atoms with Crippen LogP contribution in [0, 0.1) is 11.8 Å². The van der Waals surface area contributed by atoms with Crippen LogP contribution >= 0.6 is 0 Å². The maximum atomic E-state index is 5.30. The van der Waals surface area contributed by atoms with Gasteiger partial charge in [0.2, 0.25) is 0 Å². The van der Waals surface area contributed by atoms with Gasteiger partial charge in [-0.15, -0.1) is 0 Å². The Morgan fingerprint density at radius 3 is 2.50 bits per heavy atom. The summed E-state index contributed by atoms with van der Waals surface area (Å²) in [7, 11) is 1.76. The average molecular weight is 144 g/mol. The SMILES string of the molecule is CO[C@H]1COC[C@H]1C(C)C. The molecule has 0 aromatic rings. The minimum atomic E-state index is 0.333. The van der Waals surface area contributed by atoms with Crippen molar-refractivity contribution in [3.05, 3.63) is 0 Å². The Morgan fingerprint density at radius 2 is 2.10 bits per heavy atom. The zero-order chi connectivity index (χ0) is 7.56. The largest absolute Gasteiger partial charge is 0.379 e.